The Morgan fingerprint density at radius 3 is 2.57 bits per heavy atom. The van der Waals surface area contributed by atoms with Crippen LogP contribution in [0.3, 0.4) is 0 Å². The fourth-order valence-electron chi connectivity index (χ4n) is 4.17. The van der Waals surface area contributed by atoms with E-state index in [1.54, 1.807) is 30.3 Å². The van der Waals surface area contributed by atoms with Crippen molar-refractivity contribution in [1.82, 2.24) is 20.4 Å². The van der Waals surface area contributed by atoms with Crippen molar-refractivity contribution in [2.75, 3.05) is 0 Å². The standard InChI is InChI=1S/C24H19F3N4O5S/c25-24(26,27)36-11-13-4-6-14(7-5-13)22-30-29-20(37-22)12-35-18-3-1-2-15-16(18)10-31(23(15)34)17-8-9-19(32)28-21(17)33/h1-7,17H,8-12H2,(H,28,32,33). The Bertz CT molecular complexity index is 1360. The number of nitrogens with zero attached hydrogens (tertiary/aromatic N) is 3. The normalized spacial score (nSPS) is 17.6. The topological polar surface area (TPSA) is 111 Å². The summed E-state index contributed by atoms with van der Waals surface area (Å²) in [6.07, 6.45) is -4.25. The zero-order valence-electron chi connectivity index (χ0n) is 19.1. The Kier molecular flexibility index (Phi) is 6.65. The number of ether oxygens (including phenoxy) is 2. The van der Waals surface area contributed by atoms with Gasteiger partial charge in [0.1, 0.15) is 23.4 Å². The lowest BCUT2D eigenvalue weighted by Gasteiger charge is -2.29. The molecule has 192 valence electrons. The Morgan fingerprint density at radius 2 is 1.84 bits per heavy atom. The molecule has 5 rings (SSSR count). The van der Waals surface area contributed by atoms with Gasteiger partial charge in [0.2, 0.25) is 11.8 Å². The van der Waals surface area contributed by atoms with Crippen LogP contribution < -0.4 is 10.1 Å². The van der Waals surface area contributed by atoms with Crippen LogP contribution in [0, 0.1) is 0 Å². The van der Waals surface area contributed by atoms with E-state index in [-0.39, 0.29) is 37.8 Å². The van der Waals surface area contributed by atoms with Gasteiger partial charge < -0.3 is 9.64 Å². The predicted molar refractivity (Wildman–Crippen MR) is 123 cm³/mol. The van der Waals surface area contributed by atoms with Crippen LogP contribution in [0.1, 0.15) is 39.3 Å². The van der Waals surface area contributed by atoms with E-state index in [2.05, 4.69) is 20.3 Å². The minimum absolute atomic E-state index is 0.0816. The number of alkyl halides is 3. The van der Waals surface area contributed by atoms with Crippen molar-refractivity contribution < 1.29 is 37.0 Å². The number of carbonyl (C=O) groups is 3. The van der Waals surface area contributed by atoms with Gasteiger partial charge >= 0.3 is 6.36 Å². The van der Waals surface area contributed by atoms with E-state index in [0.29, 0.717) is 38.0 Å². The predicted octanol–water partition coefficient (Wildman–Crippen LogP) is 3.58. The number of hydrogen-bond acceptors (Lipinski definition) is 8. The number of piperidine rings is 1. The number of hydrogen-bond donors (Lipinski definition) is 1. The average molecular weight is 533 g/mol. The van der Waals surface area contributed by atoms with Gasteiger partial charge in [0.05, 0.1) is 13.2 Å². The highest BCUT2D eigenvalue weighted by molar-refractivity contribution is 7.14. The highest BCUT2D eigenvalue weighted by Gasteiger charge is 2.40. The van der Waals surface area contributed by atoms with E-state index in [1.807, 2.05) is 0 Å². The molecule has 3 amide bonds. The van der Waals surface area contributed by atoms with Crippen LogP contribution >= 0.6 is 11.3 Å². The van der Waals surface area contributed by atoms with Gasteiger partial charge in [0, 0.05) is 23.1 Å². The van der Waals surface area contributed by atoms with Crippen molar-refractivity contribution >= 4 is 29.1 Å². The maximum atomic E-state index is 12.9. The summed E-state index contributed by atoms with van der Waals surface area (Å²) in [4.78, 5) is 38.1. The van der Waals surface area contributed by atoms with E-state index in [4.69, 9.17) is 4.74 Å². The lowest BCUT2D eigenvalue weighted by atomic mass is 10.0. The second kappa shape index (κ2) is 9.90. The van der Waals surface area contributed by atoms with Gasteiger partial charge in [-0.05, 0) is 24.1 Å². The molecule has 1 saturated heterocycles. The molecule has 0 spiro atoms. The quantitative estimate of drug-likeness (QED) is 0.463. The van der Waals surface area contributed by atoms with Crippen LogP contribution in [0.5, 0.6) is 5.75 Å². The molecular formula is C24H19F3N4O5S. The molecule has 1 N–H and O–H groups in total. The molecule has 13 heteroatoms. The van der Waals surface area contributed by atoms with Gasteiger partial charge in [-0.2, -0.15) is 0 Å². The first kappa shape index (κ1) is 24.8. The summed E-state index contributed by atoms with van der Waals surface area (Å²) in [6.45, 7) is -0.315. The average Bonchev–Trinajstić information content (AvgIpc) is 3.47. The zero-order valence-corrected chi connectivity index (χ0v) is 19.9. The van der Waals surface area contributed by atoms with Crippen LogP contribution in [0.2, 0.25) is 0 Å². The van der Waals surface area contributed by atoms with Crippen molar-refractivity contribution in [3.05, 3.63) is 64.2 Å². The number of halogens is 3. The molecule has 2 aliphatic heterocycles. The zero-order chi connectivity index (χ0) is 26.2. The number of amides is 3. The minimum Gasteiger partial charge on any atom is -0.486 e. The number of fused-ring (bicyclic) bond motifs is 1. The molecule has 3 heterocycles. The Balaban J connectivity index is 1.23. The molecular weight excluding hydrogens is 513 g/mol. The fraction of sp³-hybridized carbons (Fsp3) is 0.292. The third-order valence-electron chi connectivity index (χ3n) is 5.96. The number of imide groups is 1. The summed E-state index contributed by atoms with van der Waals surface area (Å²) in [5.74, 6) is -0.650. The van der Waals surface area contributed by atoms with Crippen molar-refractivity contribution in [3.8, 4) is 16.3 Å². The molecule has 1 unspecified atom stereocenters. The highest BCUT2D eigenvalue weighted by atomic mass is 32.1. The van der Waals surface area contributed by atoms with E-state index >= 15 is 0 Å². The van der Waals surface area contributed by atoms with E-state index < -0.39 is 24.9 Å². The molecule has 1 fully saturated rings. The molecule has 1 atom stereocenters. The number of carbonyl (C=O) groups excluding carboxylic acids is 3. The molecule has 2 aromatic carbocycles. The van der Waals surface area contributed by atoms with Gasteiger partial charge in [-0.3, -0.25) is 24.4 Å². The number of aromatic nitrogens is 2. The maximum absolute atomic E-state index is 12.9. The lowest BCUT2D eigenvalue weighted by Crippen LogP contribution is -2.52. The summed E-state index contributed by atoms with van der Waals surface area (Å²) in [6, 6.07) is 10.7. The van der Waals surface area contributed by atoms with Gasteiger partial charge in [-0.1, -0.05) is 41.7 Å². The van der Waals surface area contributed by atoms with Gasteiger partial charge in [-0.15, -0.1) is 23.4 Å². The number of nitrogens with one attached hydrogen (secondary N) is 1. The maximum Gasteiger partial charge on any atom is 0.522 e. The Labute approximate surface area is 212 Å². The molecule has 3 aromatic rings. The van der Waals surface area contributed by atoms with Crippen LogP contribution in [0.4, 0.5) is 13.2 Å². The molecule has 0 saturated carbocycles. The summed E-state index contributed by atoms with van der Waals surface area (Å²) < 4.78 is 46.4. The number of rotatable bonds is 7. The van der Waals surface area contributed by atoms with Gasteiger partial charge in [-0.25, -0.2) is 0 Å². The number of benzene rings is 2. The summed E-state index contributed by atoms with van der Waals surface area (Å²) >= 11 is 1.27. The monoisotopic (exact) mass is 532 g/mol. The molecule has 37 heavy (non-hydrogen) atoms. The highest BCUT2D eigenvalue weighted by Crippen LogP contribution is 2.34. The summed E-state index contributed by atoms with van der Waals surface area (Å²) in [5, 5.41) is 11.7. The van der Waals surface area contributed by atoms with Crippen molar-refractivity contribution in [3.63, 3.8) is 0 Å². The van der Waals surface area contributed by atoms with Crippen molar-refractivity contribution in [2.24, 2.45) is 0 Å². The Hall–Kier alpha value is -3.84. The molecule has 9 nitrogen and oxygen atoms in total. The SMILES string of the molecule is O=C1CCC(N2Cc3c(OCc4nnc(-c5ccc(COC(F)(F)F)cc5)s4)cccc3C2=O)C(=O)N1. The molecule has 0 bridgehead atoms. The molecule has 0 aliphatic carbocycles. The van der Waals surface area contributed by atoms with Crippen molar-refractivity contribution in [2.45, 2.75) is 45.0 Å². The van der Waals surface area contributed by atoms with Crippen LogP contribution in [-0.4, -0.2) is 45.2 Å². The molecule has 1 aromatic heterocycles. The first-order chi connectivity index (χ1) is 17.7. The van der Waals surface area contributed by atoms with E-state index in [1.165, 1.54) is 28.4 Å². The van der Waals surface area contributed by atoms with Crippen molar-refractivity contribution in [1.29, 1.82) is 0 Å². The minimum atomic E-state index is -4.69. The van der Waals surface area contributed by atoms with Gasteiger partial charge in [0.25, 0.3) is 5.91 Å². The van der Waals surface area contributed by atoms with Gasteiger partial charge in [0.15, 0.2) is 5.01 Å². The van der Waals surface area contributed by atoms with E-state index in [0.717, 1.165) is 0 Å². The second-order valence-corrected chi connectivity index (χ2v) is 9.47. The van der Waals surface area contributed by atoms with Crippen LogP contribution in [-0.2, 0) is 34.1 Å². The fourth-order valence-corrected chi connectivity index (χ4v) is 4.93. The third-order valence-corrected chi connectivity index (χ3v) is 6.91. The summed E-state index contributed by atoms with van der Waals surface area (Å²) in [5.41, 5.74) is 2.15. The smallest absolute Gasteiger partial charge is 0.486 e. The third kappa shape index (κ3) is 5.47. The molecule has 2 aliphatic rings. The Morgan fingerprint density at radius 1 is 1.05 bits per heavy atom. The second-order valence-electron chi connectivity index (χ2n) is 8.40. The van der Waals surface area contributed by atoms with Crippen LogP contribution in [0.25, 0.3) is 10.6 Å². The van der Waals surface area contributed by atoms with E-state index in [9.17, 15) is 27.6 Å². The first-order valence-corrected chi connectivity index (χ1v) is 12.0. The lowest BCUT2D eigenvalue weighted by molar-refractivity contribution is -0.330. The largest absolute Gasteiger partial charge is 0.522 e. The van der Waals surface area contributed by atoms with Crippen LogP contribution in [0.15, 0.2) is 42.5 Å². The first-order valence-electron chi connectivity index (χ1n) is 11.2. The molecule has 0 radical (unpaired) electrons. The summed E-state index contributed by atoms with van der Waals surface area (Å²) in [7, 11) is 0.